The molecule has 128 valence electrons. The quantitative estimate of drug-likeness (QED) is 0.515. The topological polar surface area (TPSA) is 61.1 Å². The molecule has 0 fully saturated rings. The van der Waals surface area contributed by atoms with E-state index >= 15 is 0 Å². The lowest BCUT2D eigenvalue weighted by molar-refractivity contribution is -0.669. The van der Waals surface area contributed by atoms with Crippen LogP contribution < -0.4 is 4.57 Å². The Balaban J connectivity index is 0.000000177. The fraction of sp³-hybridized carbons (Fsp3) is 0.278. The van der Waals surface area contributed by atoms with Crippen molar-refractivity contribution < 1.29 is 17.5 Å². The van der Waals surface area contributed by atoms with Crippen LogP contribution in [-0.2, 0) is 16.7 Å². The summed E-state index contributed by atoms with van der Waals surface area (Å²) in [6, 6.07) is 12.4. The standard InChI is InChI=1S/C11H14NS.C7H8O3S/c1-4-12-9(3)13-11-7-8(2)5-6-10(11)12;1-6-2-4-7(5-3-6)11(8,9)10/h5-7H,4H2,1-3H3;2-5H,1H3,(H,8,9,10)/q+1;/p-1. The summed E-state index contributed by atoms with van der Waals surface area (Å²) in [4.78, 5) is -0.178. The Bertz CT molecular complexity index is 942. The third kappa shape index (κ3) is 4.41. The third-order valence-electron chi connectivity index (χ3n) is 3.67. The summed E-state index contributed by atoms with van der Waals surface area (Å²) in [7, 11) is -4.27. The Morgan fingerprint density at radius 3 is 2.12 bits per heavy atom. The maximum absolute atomic E-state index is 10.4. The third-order valence-corrected chi connectivity index (χ3v) is 5.58. The summed E-state index contributed by atoms with van der Waals surface area (Å²) in [5.74, 6) is 0. The van der Waals surface area contributed by atoms with E-state index in [0.29, 0.717) is 0 Å². The Labute approximate surface area is 147 Å². The molecule has 0 radical (unpaired) electrons. The van der Waals surface area contributed by atoms with Crippen LogP contribution in [0.3, 0.4) is 0 Å². The van der Waals surface area contributed by atoms with Crippen LogP contribution in [-0.4, -0.2) is 13.0 Å². The van der Waals surface area contributed by atoms with Gasteiger partial charge in [-0.15, -0.1) is 0 Å². The van der Waals surface area contributed by atoms with Crippen molar-refractivity contribution in [2.45, 2.75) is 39.1 Å². The van der Waals surface area contributed by atoms with Gasteiger partial charge in [0.15, 0.2) is 0 Å². The molecular weight excluding hydrogens is 342 g/mol. The summed E-state index contributed by atoms with van der Waals surface area (Å²) < 4.78 is 34.9. The highest BCUT2D eigenvalue weighted by Crippen LogP contribution is 2.20. The largest absolute Gasteiger partial charge is 0.744 e. The smallest absolute Gasteiger partial charge is 0.235 e. The molecule has 0 spiro atoms. The number of benzene rings is 2. The van der Waals surface area contributed by atoms with Crippen molar-refractivity contribution >= 4 is 31.7 Å². The van der Waals surface area contributed by atoms with Crippen LogP contribution in [0, 0.1) is 20.8 Å². The molecule has 1 aromatic heterocycles. The van der Waals surface area contributed by atoms with Gasteiger partial charge >= 0.3 is 0 Å². The molecule has 3 rings (SSSR count). The number of hydrogen-bond donors (Lipinski definition) is 0. The lowest BCUT2D eigenvalue weighted by atomic mass is 10.2. The molecule has 4 nitrogen and oxygen atoms in total. The number of fused-ring (bicyclic) bond motifs is 1. The predicted molar refractivity (Wildman–Crippen MR) is 96.3 cm³/mol. The average molecular weight is 364 g/mol. The Hall–Kier alpha value is -1.76. The zero-order valence-electron chi connectivity index (χ0n) is 14.2. The highest BCUT2D eigenvalue weighted by molar-refractivity contribution is 7.85. The molecule has 1 heterocycles. The van der Waals surface area contributed by atoms with Gasteiger partial charge in [0.2, 0.25) is 10.5 Å². The van der Waals surface area contributed by atoms with E-state index in [4.69, 9.17) is 0 Å². The minimum Gasteiger partial charge on any atom is -0.744 e. The molecule has 24 heavy (non-hydrogen) atoms. The summed E-state index contributed by atoms with van der Waals surface area (Å²) in [6.45, 7) is 9.41. The lowest BCUT2D eigenvalue weighted by Crippen LogP contribution is -2.33. The van der Waals surface area contributed by atoms with E-state index < -0.39 is 10.1 Å². The van der Waals surface area contributed by atoms with Gasteiger partial charge in [-0.2, -0.15) is 4.57 Å². The maximum Gasteiger partial charge on any atom is 0.235 e. The minimum atomic E-state index is -4.27. The fourth-order valence-corrected chi connectivity index (χ4v) is 4.06. The molecule has 0 saturated carbocycles. The SMILES string of the molecule is CC[n+]1c(C)sc2cc(C)ccc21.Cc1ccc(S(=O)(=O)[O-])cc1. The number of thiazole rings is 1. The molecule has 0 atom stereocenters. The number of nitrogens with zero attached hydrogens (tertiary/aromatic N) is 1. The first-order valence-electron chi connectivity index (χ1n) is 7.64. The zero-order valence-corrected chi connectivity index (χ0v) is 15.9. The van der Waals surface area contributed by atoms with Crippen LogP contribution in [0.5, 0.6) is 0 Å². The second-order valence-corrected chi connectivity index (χ2v) is 8.22. The molecule has 3 aromatic rings. The Morgan fingerprint density at radius 1 is 1.00 bits per heavy atom. The molecule has 0 N–H and O–H groups in total. The van der Waals surface area contributed by atoms with Crippen molar-refractivity contribution in [3.63, 3.8) is 0 Å². The van der Waals surface area contributed by atoms with Gasteiger partial charge in [0.1, 0.15) is 21.4 Å². The fourth-order valence-electron chi connectivity index (χ4n) is 2.41. The molecule has 0 saturated heterocycles. The monoisotopic (exact) mass is 363 g/mol. The maximum atomic E-state index is 10.4. The van der Waals surface area contributed by atoms with Gasteiger partial charge < -0.3 is 4.55 Å². The van der Waals surface area contributed by atoms with Crippen LogP contribution in [0.1, 0.15) is 23.1 Å². The Kier molecular flexibility index (Phi) is 5.74. The normalized spacial score (nSPS) is 11.2. The van der Waals surface area contributed by atoms with E-state index in [2.05, 4.69) is 43.5 Å². The van der Waals surface area contributed by atoms with Gasteiger partial charge in [-0.3, -0.25) is 0 Å². The molecular formula is C18H21NO3S2. The first-order chi connectivity index (χ1) is 11.2. The van der Waals surface area contributed by atoms with E-state index in [0.717, 1.165) is 12.1 Å². The van der Waals surface area contributed by atoms with E-state index in [-0.39, 0.29) is 4.90 Å². The van der Waals surface area contributed by atoms with Gasteiger partial charge in [-0.1, -0.05) is 35.1 Å². The van der Waals surface area contributed by atoms with Crippen LogP contribution in [0.15, 0.2) is 47.4 Å². The molecule has 6 heteroatoms. The number of hydrogen-bond acceptors (Lipinski definition) is 4. The van der Waals surface area contributed by atoms with Crippen molar-refractivity contribution in [3.05, 3.63) is 58.6 Å². The van der Waals surface area contributed by atoms with E-state index in [1.165, 1.54) is 32.9 Å². The first-order valence-corrected chi connectivity index (χ1v) is 9.87. The zero-order chi connectivity index (χ0) is 17.9. The van der Waals surface area contributed by atoms with Gasteiger partial charge in [0, 0.05) is 13.0 Å². The predicted octanol–water partition coefficient (Wildman–Crippen LogP) is 3.72. The van der Waals surface area contributed by atoms with E-state index in [1.54, 1.807) is 12.1 Å². The lowest BCUT2D eigenvalue weighted by Gasteiger charge is -2.05. The second-order valence-electron chi connectivity index (χ2n) is 5.60. The number of aryl methyl sites for hydroxylation is 4. The van der Waals surface area contributed by atoms with Gasteiger partial charge in [-0.05, 0) is 44.5 Å². The summed E-state index contributed by atoms with van der Waals surface area (Å²) >= 11 is 1.88. The molecule has 0 unspecified atom stereocenters. The van der Waals surface area contributed by atoms with Gasteiger partial charge in [0.25, 0.3) is 0 Å². The highest BCUT2D eigenvalue weighted by Gasteiger charge is 2.14. The van der Waals surface area contributed by atoms with Gasteiger partial charge in [0.05, 0.1) is 4.90 Å². The molecule has 0 aliphatic carbocycles. The minimum absolute atomic E-state index is 0.178. The van der Waals surface area contributed by atoms with Crippen LogP contribution in [0.25, 0.3) is 10.2 Å². The van der Waals surface area contributed by atoms with Crippen molar-refractivity contribution in [2.75, 3.05) is 0 Å². The molecule has 0 aliphatic heterocycles. The summed E-state index contributed by atoms with van der Waals surface area (Å²) in [6.07, 6.45) is 0. The van der Waals surface area contributed by atoms with Crippen LogP contribution in [0.2, 0.25) is 0 Å². The molecule has 0 amide bonds. The molecule has 0 bridgehead atoms. The second kappa shape index (κ2) is 7.42. The Morgan fingerprint density at radius 2 is 1.58 bits per heavy atom. The first kappa shape index (κ1) is 18.6. The van der Waals surface area contributed by atoms with Crippen LogP contribution >= 0.6 is 11.3 Å². The number of aromatic nitrogens is 1. The summed E-state index contributed by atoms with van der Waals surface area (Å²) in [5, 5.41) is 1.39. The van der Waals surface area contributed by atoms with E-state index in [9.17, 15) is 13.0 Å². The summed E-state index contributed by atoms with van der Waals surface area (Å²) in [5.41, 5.74) is 3.64. The van der Waals surface area contributed by atoms with Gasteiger partial charge in [-0.25, -0.2) is 8.42 Å². The number of rotatable bonds is 2. The molecule has 2 aromatic carbocycles. The molecule has 0 aliphatic rings. The average Bonchev–Trinajstić information content (AvgIpc) is 2.81. The van der Waals surface area contributed by atoms with Crippen molar-refractivity contribution in [2.24, 2.45) is 0 Å². The van der Waals surface area contributed by atoms with Crippen molar-refractivity contribution in [3.8, 4) is 0 Å². The van der Waals surface area contributed by atoms with Crippen molar-refractivity contribution in [1.82, 2.24) is 0 Å². The van der Waals surface area contributed by atoms with Crippen LogP contribution in [0.4, 0.5) is 0 Å². The van der Waals surface area contributed by atoms with E-state index in [1.807, 2.05) is 18.3 Å². The van der Waals surface area contributed by atoms with Crippen molar-refractivity contribution in [1.29, 1.82) is 0 Å². The highest BCUT2D eigenvalue weighted by atomic mass is 32.2.